The Balaban J connectivity index is 3.10. The van der Waals surface area contributed by atoms with Crippen molar-refractivity contribution in [1.82, 2.24) is 10.0 Å². The van der Waals surface area contributed by atoms with Crippen LogP contribution < -0.4 is 10.0 Å². The van der Waals surface area contributed by atoms with Gasteiger partial charge in [0.25, 0.3) is 15.9 Å². The molecule has 0 aliphatic rings. The fourth-order valence-electron chi connectivity index (χ4n) is 2.93. The van der Waals surface area contributed by atoms with Crippen molar-refractivity contribution in [3.63, 3.8) is 0 Å². The second-order valence-corrected chi connectivity index (χ2v) is 9.40. The van der Waals surface area contributed by atoms with E-state index in [0.717, 1.165) is 24.0 Å². The van der Waals surface area contributed by atoms with Crippen molar-refractivity contribution in [2.45, 2.75) is 40.5 Å². The van der Waals surface area contributed by atoms with Gasteiger partial charge < -0.3 is 5.32 Å². The van der Waals surface area contributed by atoms with E-state index in [2.05, 4.69) is 23.2 Å². The third-order valence-electron chi connectivity index (χ3n) is 4.77. The molecule has 0 radical (unpaired) electrons. The Morgan fingerprint density at radius 1 is 1.28 bits per heavy atom. The molecule has 0 bridgehead atoms. The van der Waals surface area contributed by atoms with E-state index in [1.807, 2.05) is 32.0 Å². The Hall–Kier alpha value is -2.57. The number of halogens is 1. The topological polar surface area (TPSA) is 75.3 Å². The minimum Gasteiger partial charge on any atom is -0.384 e. The molecule has 7 heteroatoms. The first-order chi connectivity index (χ1) is 15.1. The lowest BCUT2D eigenvalue weighted by molar-refractivity contribution is -0.115. The highest BCUT2D eigenvalue weighted by atomic mass is 35.5. The second-order valence-electron chi connectivity index (χ2n) is 7.34. The van der Waals surface area contributed by atoms with Crippen LogP contribution >= 0.6 is 11.6 Å². The van der Waals surface area contributed by atoms with Gasteiger partial charge in [0, 0.05) is 17.1 Å². The molecular formula is C25H33ClN2O3S. The standard InChI is InChI=1S/C25H33ClN2O3S/c1-7-10-16-27-23(13-8-2)24(9-3)32(30,31)28-25(29)19(5)17-18(4)20(6)21-14-11-12-15-22(21)26/h8-9,11-15,17-18,27H,3,6-7,10,16H2,1-2,4-5H3,(H,28,29)/b13-8-,19-17+,24-23-. The van der Waals surface area contributed by atoms with E-state index in [4.69, 9.17) is 11.6 Å². The molecular weight excluding hydrogens is 444 g/mol. The van der Waals surface area contributed by atoms with E-state index >= 15 is 0 Å². The Labute approximate surface area is 197 Å². The van der Waals surface area contributed by atoms with Crippen molar-refractivity contribution in [2.75, 3.05) is 6.54 Å². The summed E-state index contributed by atoms with van der Waals surface area (Å²) in [6.45, 7) is 15.6. The monoisotopic (exact) mass is 476 g/mol. The Kier molecular flexibility index (Phi) is 11.2. The van der Waals surface area contributed by atoms with Crippen molar-refractivity contribution >= 4 is 33.1 Å². The average molecular weight is 477 g/mol. The van der Waals surface area contributed by atoms with Crippen LogP contribution in [0.1, 0.15) is 46.1 Å². The Bertz CT molecular complexity index is 1040. The van der Waals surface area contributed by atoms with Gasteiger partial charge in [-0.15, -0.1) is 0 Å². The maximum Gasteiger partial charge on any atom is 0.266 e. The van der Waals surface area contributed by atoms with Gasteiger partial charge in [-0.05, 0) is 55.5 Å². The number of hydrogen-bond acceptors (Lipinski definition) is 4. The number of carbonyl (C=O) groups is 1. The van der Waals surface area contributed by atoms with E-state index in [1.54, 1.807) is 38.1 Å². The van der Waals surface area contributed by atoms with Crippen molar-refractivity contribution < 1.29 is 13.2 Å². The van der Waals surface area contributed by atoms with Crippen LogP contribution in [0.5, 0.6) is 0 Å². The SMILES string of the molecule is C=C/C(=C(\C=C/C)NCCCC)S(=O)(=O)NC(=O)/C(C)=C/C(C)C(=C)c1ccccc1Cl. The zero-order valence-electron chi connectivity index (χ0n) is 19.2. The van der Waals surface area contributed by atoms with Crippen LogP contribution in [0.4, 0.5) is 0 Å². The molecule has 0 spiro atoms. The maximum absolute atomic E-state index is 12.9. The van der Waals surface area contributed by atoms with Gasteiger partial charge in [0.05, 0.1) is 5.70 Å². The van der Waals surface area contributed by atoms with E-state index in [0.29, 0.717) is 17.3 Å². The number of hydrogen-bond donors (Lipinski definition) is 2. The normalized spacial score (nSPS) is 14.0. The van der Waals surface area contributed by atoms with Gasteiger partial charge in [0.2, 0.25) is 0 Å². The van der Waals surface area contributed by atoms with E-state index in [9.17, 15) is 13.2 Å². The largest absolute Gasteiger partial charge is 0.384 e. The zero-order valence-corrected chi connectivity index (χ0v) is 20.8. The van der Waals surface area contributed by atoms with Crippen molar-refractivity contribution in [1.29, 1.82) is 0 Å². The predicted molar refractivity (Wildman–Crippen MR) is 135 cm³/mol. The minimum absolute atomic E-state index is 0.0821. The first kappa shape index (κ1) is 27.5. The number of unbranched alkanes of at least 4 members (excludes halogenated alkanes) is 1. The highest BCUT2D eigenvalue weighted by molar-refractivity contribution is 7.94. The molecule has 1 aromatic rings. The summed E-state index contributed by atoms with van der Waals surface area (Å²) in [6.07, 6.45) is 8.11. The summed E-state index contributed by atoms with van der Waals surface area (Å²) >= 11 is 6.23. The molecule has 0 aliphatic heterocycles. The highest BCUT2D eigenvalue weighted by Crippen LogP contribution is 2.29. The number of carbonyl (C=O) groups excluding carboxylic acids is 1. The number of allylic oxidation sites excluding steroid dienone is 5. The second kappa shape index (κ2) is 13.1. The molecule has 0 aliphatic carbocycles. The van der Waals surface area contributed by atoms with Crippen molar-refractivity contribution in [3.05, 3.63) is 88.5 Å². The number of benzene rings is 1. The summed E-state index contributed by atoms with van der Waals surface area (Å²) in [4.78, 5) is 12.6. The lowest BCUT2D eigenvalue weighted by Crippen LogP contribution is -2.33. The molecule has 0 heterocycles. The van der Waals surface area contributed by atoms with Crippen LogP contribution in [0.2, 0.25) is 5.02 Å². The van der Waals surface area contributed by atoms with Crippen molar-refractivity contribution in [2.24, 2.45) is 5.92 Å². The first-order valence-electron chi connectivity index (χ1n) is 10.5. The van der Waals surface area contributed by atoms with Gasteiger partial charge in [0.1, 0.15) is 4.91 Å². The third-order valence-corrected chi connectivity index (χ3v) is 6.52. The number of rotatable bonds is 12. The highest BCUT2D eigenvalue weighted by Gasteiger charge is 2.22. The lowest BCUT2D eigenvalue weighted by atomic mass is 9.93. The summed E-state index contributed by atoms with van der Waals surface area (Å²) in [6, 6.07) is 7.30. The smallest absolute Gasteiger partial charge is 0.266 e. The van der Waals surface area contributed by atoms with Gasteiger partial charge in [-0.3, -0.25) is 4.79 Å². The lowest BCUT2D eigenvalue weighted by Gasteiger charge is -2.15. The van der Waals surface area contributed by atoms with Gasteiger partial charge in [-0.25, -0.2) is 13.1 Å². The van der Waals surface area contributed by atoms with E-state index < -0.39 is 15.9 Å². The average Bonchev–Trinajstić information content (AvgIpc) is 2.73. The number of nitrogens with one attached hydrogen (secondary N) is 2. The fraction of sp³-hybridized carbons (Fsp3) is 0.320. The molecule has 1 rings (SSSR count). The molecule has 0 saturated carbocycles. The maximum atomic E-state index is 12.9. The molecule has 0 saturated heterocycles. The molecule has 2 N–H and O–H groups in total. The molecule has 1 aromatic carbocycles. The Morgan fingerprint density at radius 3 is 2.50 bits per heavy atom. The van der Waals surface area contributed by atoms with E-state index in [1.165, 1.54) is 6.08 Å². The van der Waals surface area contributed by atoms with Crippen LogP contribution in [0.15, 0.2) is 77.9 Å². The Morgan fingerprint density at radius 2 is 1.94 bits per heavy atom. The van der Waals surface area contributed by atoms with Crippen LogP contribution in [0.3, 0.4) is 0 Å². The summed E-state index contributed by atoms with van der Waals surface area (Å²) in [5.41, 5.74) is 2.15. The van der Waals surface area contributed by atoms with Crippen LogP contribution in [-0.4, -0.2) is 20.9 Å². The van der Waals surface area contributed by atoms with Crippen LogP contribution in [0.25, 0.3) is 5.57 Å². The number of sulfonamides is 1. The van der Waals surface area contributed by atoms with Gasteiger partial charge in [-0.2, -0.15) is 0 Å². The predicted octanol–water partition coefficient (Wildman–Crippen LogP) is 5.75. The molecule has 1 atom stereocenters. The molecule has 1 unspecified atom stereocenters. The van der Waals surface area contributed by atoms with Gasteiger partial charge >= 0.3 is 0 Å². The zero-order chi connectivity index (χ0) is 24.3. The number of amides is 1. The molecule has 0 aromatic heterocycles. The van der Waals surface area contributed by atoms with Crippen LogP contribution in [0, 0.1) is 5.92 Å². The van der Waals surface area contributed by atoms with Gasteiger partial charge in [0.15, 0.2) is 0 Å². The molecule has 174 valence electrons. The molecule has 5 nitrogen and oxygen atoms in total. The summed E-state index contributed by atoms with van der Waals surface area (Å²) in [5, 5.41) is 3.67. The summed E-state index contributed by atoms with van der Waals surface area (Å²) in [7, 11) is -4.13. The first-order valence-corrected chi connectivity index (χ1v) is 12.4. The summed E-state index contributed by atoms with van der Waals surface area (Å²) < 4.78 is 28.0. The summed E-state index contributed by atoms with van der Waals surface area (Å²) in [5.74, 6) is -0.941. The molecule has 1 amide bonds. The third kappa shape index (κ3) is 7.84. The van der Waals surface area contributed by atoms with Crippen molar-refractivity contribution in [3.8, 4) is 0 Å². The molecule has 32 heavy (non-hydrogen) atoms. The van der Waals surface area contributed by atoms with Gasteiger partial charge in [-0.1, -0.05) is 75.4 Å². The minimum atomic E-state index is -4.13. The molecule has 0 fully saturated rings. The quantitative estimate of drug-likeness (QED) is 0.229. The fourth-order valence-corrected chi connectivity index (χ4v) is 4.36. The van der Waals surface area contributed by atoms with E-state index in [-0.39, 0.29) is 16.4 Å². The van der Waals surface area contributed by atoms with Crippen LogP contribution in [-0.2, 0) is 14.8 Å².